The number of nitrogens with two attached hydrogens (primary N) is 1. The molecule has 0 aliphatic carbocycles. The standard InChI is InChI=1S/C20H26N4O2.HI/c1-4-14(2)23-19(25)16-7-5-15(6-8-16)13-22-20(21)24-17-9-11-18(26-3)12-10-17;/h5-12,14H,4,13H2,1-3H3,(H,23,25)(H3,21,22,24);1H. The molecule has 1 amide bonds. The first-order valence-electron chi connectivity index (χ1n) is 8.62. The van der Waals surface area contributed by atoms with E-state index in [0.717, 1.165) is 23.4 Å². The molecule has 4 N–H and O–H groups in total. The van der Waals surface area contributed by atoms with Crippen molar-refractivity contribution < 1.29 is 9.53 Å². The van der Waals surface area contributed by atoms with Crippen LogP contribution in [0, 0.1) is 0 Å². The second-order valence-corrected chi connectivity index (χ2v) is 6.03. The van der Waals surface area contributed by atoms with E-state index in [1.165, 1.54) is 0 Å². The number of halogens is 1. The summed E-state index contributed by atoms with van der Waals surface area (Å²) < 4.78 is 5.12. The lowest BCUT2D eigenvalue weighted by atomic mass is 10.1. The lowest BCUT2D eigenvalue weighted by molar-refractivity contribution is 0.0939. The van der Waals surface area contributed by atoms with Crippen LogP contribution in [0.5, 0.6) is 5.75 Å². The molecule has 0 bridgehead atoms. The van der Waals surface area contributed by atoms with Crippen LogP contribution in [-0.4, -0.2) is 25.0 Å². The van der Waals surface area contributed by atoms with Gasteiger partial charge >= 0.3 is 0 Å². The summed E-state index contributed by atoms with van der Waals surface area (Å²) in [6.07, 6.45) is 0.902. The predicted octanol–water partition coefficient (Wildman–Crippen LogP) is 3.77. The highest BCUT2D eigenvalue weighted by Gasteiger charge is 2.08. The van der Waals surface area contributed by atoms with Crippen molar-refractivity contribution in [3.8, 4) is 5.75 Å². The minimum atomic E-state index is -0.0601. The van der Waals surface area contributed by atoms with Gasteiger partial charge in [0.05, 0.1) is 13.7 Å². The number of benzene rings is 2. The fraction of sp³-hybridized carbons (Fsp3) is 0.300. The van der Waals surface area contributed by atoms with Crippen LogP contribution in [0.1, 0.15) is 36.2 Å². The molecule has 7 heteroatoms. The topological polar surface area (TPSA) is 88.7 Å². The maximum atomic E-state index is 12.1. The lowest BCUT2D eigenvalue weighted by Gasteiger charge is -2.11. The van der Waals surface area contributed by atoms with Crippen molar-refractivity contribution >= 4 is 41.5 Å². The summed E-state index contributed by atoms with van der Waals surface area (Å²) in [5, 5.41) is 5.97. The molecule has 0 aliphatic rings. The van der Waals surface area contributed by atoms with Crippen LogP contribution in [0.25, 0.3) is 0 Å². The summed E-state index contributed by atoms with van der Waals surface area (Å²) in [6.45, 7) is 4.46. The van der Waals surface area contributed by atoms with Crippen molar-refractivity contribution in [2.75, 3.05) is 12.4 Å². The molecule has 1 unspecified atom stereocenters. The van der Waals surface area contributed by atoms with E-state index in [1.807, 2.05) is 50.2 Å². The molecule has 0 aromatic heterocycles. The maximum absolute atomic E-state index is 12.1. The Labute approximate surface area is 177 Å². The first-order chi connectivity index (χ1) is 12.5. The number of ether oxygens (including phenoxy) is 1. The van der Waals surface area contributed by atoms with Crippen molar-refractivity contribution in [3.05, 3.63) is 59.7 Å². The number of guanidine groups is 1. The molecule has 0 heterocycles. The summed E-state index contributed by atoms with van der Waals surface area (Å²) >= 11 is 0. The van der Waals surface area contributed by atoms with Crippen LogP contribution >= 0.6 is 24.0 Å². The Morgan fingerprint density at radius 3 is 2.33 bits per heavy atom. The molecule has 27 heavy (non-hydrogen) atoms. The summed E-state index contributed by atoms with van der Waals surface area (Å²) in [7, 11) is 1.62. The zero-order chi connectivity index (χ0) is 18.9. The average molecular weight is 482 g/mol. The van der Waals surface area contributed by atoms with Crippen molar-refractivity contribution in [1.82, 2.24) is 5.32 Å². The Kier molecular flexibility index (Phi) is 9.63. The number of nitrogens with one attached hydrogen (secondary N) is 2. The molecule has 2 aromatic carbocycles. The lowest BCUT2D eigenvalue weighted by Crippen LogP contribution is -2.31. The highest BCUT2D eigenvalue weighted by atomic mass is 127. The molecular formula is C20H27IN4O2. The maximum Gasteiger partial charge on any atom is 0.251 e. The van der Waals surface area contributed by atoms with Crippen LogP contribution in [0.15, 0.2) is 53.5 Å². The van der Waals surface area contributed by atoms with Gasteiger partial charge in [0.1, 0.15) is 5.75 Å². The number of amides is 1. The van der Waals surface area contributed by atoms with Crippen molar-refractivity contribution in [1.29, 1.82) is 0 Å². The fourth-order valence-corrected chi connectivity index (χ4v) is 2.21. The Balaban J connectivity index is 0.00000364. The van der Waals surface area contributed by atoms with Crippen LogP contribution in [0.2, 0.25) is 0 Å². The van der Waals surface area contributed by atoms with E-state index >= 15 is 0 Å². The molecule has 2 rings (SSSR count). The van der Waals surface area contributed by atoms with Gasteiger partial charge in [0.15, 0.2) is 5.96 Å². The Bertz CT molecular complexity index is 746. The van der Waals surface area contributed by atoms with Gasteiger partial charge in [-0.2, -0.15) is 0 Å². The molecule has 2 aromatic rings. The van der Waals surface area contributed by atoms with Crippen LogP contribution in [0.3, 0.4) is 0 Å². The van der Waals surface area contributed by atoms with Gasteiger partial charge < -0.3 is 21.1 Å². The summed E-state index contributed by atoms with van der Waals surface area (Å²) in [4.78, 5) is 16.4. The largest absolute Gasteiger partial charge is 0.497 e. The summed E-state index contributed by atoms with van der Waals surface area (Å²) in [5.74, 6) is 1.05. The third-order valence-electron chi connectivity index (χ3n) is 4.00. The van der Waals surface area contributed by atoms with Gasteiger partial charge in [0.2, 0.25) is 0 Å². The second-order valence-electron chi connectivity index (χ2n) is 6.03. The SMILES string of the molecule is CCC(C)NC(=O)c1ccc(CN=C(N)Nc2ccc(OC)cc2)cc1.I. The predicted molar refractivity (Wildman–Crippen MR) is 121 cm³/mol. The van der Waals surface area contributed by atoms with Gasteiger partial charge in [-0.3, -0.25) is 4.79 Å². The van der Waals surface area contributed by atoms with Gasteiger partial charge in [-0.15, -0.1) is 24.0 Å². The van der Waals surface area contributed by atoms with E-state index < -0.39 is 0 Å². The summed E-state index contributed by atoms with van der Waals surface area (Å²) in [5.41, 5.74) is 8.37. The normalized spacial score (nSPS) is 11.9. The average Bonchev–Trinajstić information content (AvgIpc) is 2.67. The van der Waals surface area contributed by atoms with Crippen molar-refractivity contribution in [3.63, 3.8) is 0 Å². The molecule has 1 atom stereocenters. The van der Waals surface area contributed by atoms with Gasteiger partial charge in [-0.05, 0) is 55.3 Å². The number of hydrogen-bond donors (Lipinski definition) is 3. The third kappa shape index (κ3) is 7.46. The van der Waals surface area contributed by atoms with E-state index in [0.29, 0.717) is 18.1 Å². The van der Waals surface area contributed by atoms with Gasteiger partial charge in [-0.1, -0.05) is 19.1 Å². The monoisotopic (exact) mass is 482 g/mol. The highest BCUT2D eigenvalue weighted by Crippen LogP contribution is 2.14. The first kappa shape index (κ1) is 22.8. The highest BCUT2D eigenvalue weighted by molar-refractivity contribution is 14.0. The number of nitrogens with zero attached hydrogens (tertiary/aromatic N) is 1. The molecule has 0 saturated heterocycles. The number of rotatable bonds is 7. The van der Waals surface area contributed by atoms with E-state index in [4.69, 9.17) is 10.5 Å². The molecule has 0 radical (unpaired) electrons. The quantitative estimate of drug-likeness (QED) is 0.319. The number of anilines is 1. The Morgan fingerprint density at radius 1 is 1.15 bits per heavy atom. The molecule has 6 nitrogen and oxygen atoms in total. The number of carbonyl (C=O) groups excluding carboxylic acids is 1. The molecular weight excluding hydrogens is 455 g/mol. The number of hydrogen-bond acceptors (Lipinski definition) is 3. The van der Waals surface area contributed by atoms with E-state index in [1.54, 1.807) is 19.2 Å². The van der Waals surface area contributed by atoms with Crippen LogP contribution < -0.4 is 21.1 Å². The number of methoxy groups -OCH3 is 1. The molecule has 0 saturated carbocycles. The zero-order valence-corrected chi connectivity index (χ0v) is 18.2. The molecule has 0 fully saturated rings. The second kappa shape index (κ2) is 11.4. The third-order valence-corrected chi connectivity index (χ3v) is 4.00. The van der Waals surface area contributed by atoms with E-state index in [2.05, 4.69) is 15.6 Å². The molecule has 146 valence electrons. The van der Waals surface area contributed by atoms with Gasteiger partial charge in [0.25, 0.3) is 5.91 Å². The molecule has 0 aliphatic heterocycles. The minimum absolute atomic E-state index is 0. The van der Waals surface area contributed by atoms with Crippen LogP contribution in [-0.2, 0) is 6.54 Å². The van der Waals surface area contributed by atoms with E-state index in [9.17, 15) is 4.79 Å². The van der Waals surface area contributed by atoms with Gasteiger partial charge in [-0.25, -0.2) is 4.99 Å². The van der Waals surface area contributed by atoms with E-state index in [-0.39, 0.29) is 35.9 Å². The van der Waals surface area contributed by atoms with Crippen LogP contribution in [0.4, 0.5) is 5.69 Å². The smallest absolute Gasteiger partial charge is 0.251 e. The number of carbonyl (C=O) groups is 1. The van der Waals surface area contributed by atoms with Crippen molar-refractivity contribution in [2.45, 2.75) is 32.9 Å². The zero-order valence-electron chi connectivity index (χ0n) is 15.9. The molecule has 0 spiro atoms. The van der Waals surface area contributed by atoms with Crippen molar-refractivity contribution in [2.24, 2.45) is 10.7 Å². The first-order valence-corrected chi connectivity index (χ1v) is 8.62. The van der Waals surface area contributed by atoms with Gasteiger partial charge in [0, 0.05) is 17.3 Å². The fourth-order valence-electron chi connectivity index (χ4n) is 2.21. The Hall–Kier alpha value is -2.29. The Morgan fingerprint density at radius 2 is 1.78 bits per heavy atom. The number of aliphatic imine (C=N–C) groups is 1. The minimum Gasteiger partial charge on any atom is -0.497 e. The summed E-state index contributed by atoms with van der Waals surface area (Å²) in [6, 6.07) is 15.0.